The molecule has 0 aliphatic carbocycles. The highest BCUT2D eigenvalue weighted by molar-refractivity contribution is 5.95. The monoisotopic (exact) mass is 283 g/mol. The van der Waals surface area contributed by atoms with E-state index in [0.29, 0.717) is 17.0 Å². The van der Waals surface area contributed by atoms with E-state index in [1.165, 1.54) is 0 Å². The summed E-state index contributed by atoms with van der Waals surface area (Å²) >= 11 is 0. The number of benzene rings is 1. The second kappa shape index (κ2) is 4.82. The Bertz CT molecular complexity index is 741. The number of nitrogens with two attached hydrogens (primary N) is 2. The molecule has 1 atom stereocenters. The number of nitrogen functional groups attached to an aromatic ring is 1. The topological polar surface area (TPSA) is 111 Å². The molecule has 0 fully saturated rings. The number of hydrogen-bond acceptors (Lipinski definition) is 5. The van der Waals surface area contributed by atoms with Crippen LogP contribution in [0.3, 0.4) is 0 Å². The molecule has 1 unspecified atom stereocenters. The summed E-state index contributed by atoms with van der Waals surface area (Å²) in [6, 6.07) is 8.57. The van der Waals surface area contributed by atoms with Gasteiger partial charge in [0.25, 0.3) is 11.9 Å². The van der Waals surface area contributed by atoms with Crippen LogP contribution in [0.5, 0.6) is 5.75 Å². The van der Waals surface area contributed by atoms with Gasteiger partial charge < -0.3 is 21.3 Å². The highest BCUT2D eigenvalue weighted by Crippen LogP contribution is 2.42. The van der Waals surface area contributed by atoms with Gasteiger partial charge >= 0.3 is 0 Å². The molecule has 2 aromatic rings. The van der Waals surface area contributed by atoms with Crippen molar-refractivity contribution in [2.45, 2.75) is 5.92 Å². The summed E-state index contributed by atoms with van der Waals surface area (Å²) in [5.41, 5.74) is 13.1. The Balaban J connectivity index is 2.24. The average Bonchev–Trinajstić information content (AvgIpc) is 2.46. The van der Waals surface area contributed by atoms with E-state index in [0.717, 1.165) is 5.56 Å². The molecule has 1 aliphatic heterocycles. The van der Waals surface area contributed by atoms with E-state index in [9.17, 15) is 9.90 Å². The van der Waals surface area contributed by atoms with E-state index < -0.39 is 17.8 Å². The molecule has 1 aromatic heterocycles. The number of carbonyl (C=O) groups excluding carboxylic acids is 1. The zero-order chi connectivity index (χ0) is 15.0. The van der Waals surface area contributed by atoms with Crippen molar-refractivity contribution >= 4 is 11.6 Å². The lowest BCUT2D eigenvalue weighted by Gasteiger charge is -2.27. The number of primary amides is 1. The summed E-state index contributed by atoms with van der Waals surface area (Å²) in [5.74, 6) is -1.35. The molecule has 1 aromatic carbocycles. The molecule has 3 rings (SSSR count). The van der Waals surface area contributed by atoms with Crippen molar-refractivity contribution in [1.29, 1.82) is 0 Å². The molecular weight excluding hydrogens is 270 g/mol. The second-order valence-corrected chi connectivity index (χ2v) is 4.70. The van der Waals surface area contributed by atoms with E-state index in [2.05, 4.69) is 4.98 Å². The Morgan fingerprint density at radius 3 is 2.62 bits per heavy atom. The first-order valence-corrected chi connectivity index (χ1v) is 6.28. The number of rotatable bonds is 2. The van der Waals surface area contributed by atoms with Crippen molar-refractivity contribution in [1.82, 2.24) is 4.98 Å². The predicted octanol–water partition coefficient (Wildman–Crippen LogP) is 1.44. The van der Waals surface area contributed by atoms with Crippen LogP contribution in [0.1, 0.15) is 17.0 Å². The van der Waals surface area contributed by atoms with Crippen LogP contribution >= 0.6 is 0 Å². The molecular formula is C15H13N3O3. The standard InChI is InChI=1S/C15H13N3O3/c16-9-1-2-10-11(7-9)21-15(20)13(14(17)19)12(10)8-3-5-18-6-4-8/h1-7,12,20H,16H2,(H2,17,19). The summed E-state index contributed by atoms with van der Waals surface area (Å²) in [7, 11) is 0. The van der Waals surface area contributed by atoms with Crippen LogP contribution in [0.15, 0.2) is 54.2 Å². The third-order valence-corrected chi connectivity index (χ3v) is 3.38. The second-order valence-electron chi connectivity index (χ2n) is 4.70. The van der Waals surface area contributed by atoms with Gasteiger partial charge in [-0.05, 0) is 23.8 Å². The Labute approximate surface area is 120 Å². The molecule has 6 heteroatoms. The first-order chi connectivity index (χ1) is 10.1. The summed E-state index contributed by atoms with van der Waals surface area (Å²) in [5, 5.41) is 10.0. The number of nitrogens with zero attached hydrogens (tertiary/aromatic N) is 1. The molecule has 5 N–H and O–H groups in total. The average molecular weight is 283 g/mol. The van der Waals surface area contributed by atoms with Crippen LogP contribution < -0.4 is 16.2 Å². The molecule has 1 aliphatic rings. The SMILES string of the molecule is NC(=O)C1=C(O)Oc2cc(N)ccc2C1c1ccncc1. The number of hydrogen-bond donors (Lipinski definition) is 3. The largest absolute Gasteiger partial charge is 0.480 e. The van der Waals surface area contributed by atoms with Gasteiger partial charge in [-0.1, -0.05) is 6.07 Å². The fourth-order valence-corrected chi connectivity index (χ4v) is 2.47. The fraction of sp³-hybridized carbons (Fsp3) is 0.0667. The molecule has 0 radical (unpaired) electrons. The third-order valence-electron chi connectivity index (χ3n) is 3.38. The maximum atomic E-state index is 11.7. The van der Waals surface area contributed by atoms with Gasteiger partial charge in [0.2, 0.25) is 0 Å². The maximum Gasteiger partial charge on any atom is 0.292 e. The molecule has 0 saturated carbocycles. The van der Waals surface area contributed by atoms with Gasteiger partial charge in [-0.3, -0.25) is 9.78 Å². The number of pyridine rings is 1. The van der Waals surface area contributed by atoms with Crippen LogP contribution in [0.25, 0.3) is 0 Å². The van der Waals surface area contributed by atoms with Crippen molar-refractivity contribution in [2.75, 3.05) is 5.73 Å². The third kappa shape index (κ3) is 2.16. The van der Waals surface area contributed by atoms with Gasteiger partial charge in [0.15, 0.2) is 0 Å². The summed E-state index contributed by atoms with van der Waals surface area (Å²) in [6.45, 7) is 0. The smallest absolute Gasteiger partial charge is 0.292 e. The number of aromatic nitrogens is 1. The highest BCUT2D eigenvalue weighted by Gasteiger charge is 2.34. The van der Waals surface area contributed by atoms with Crippen LogP contribution in [-0.2, 0) is 4.79 Å². The zero-order valence-electron chi connectivity index (χ0n) is 11.0. The maximum absolute atomic E-state index is 11.7. The Morgan fingerprint density at radius 1 is 1.24 bits per heavy atom. The Morgan fingerprint density at radius 2 is 1.95 bits per heavy atom. The number of carbonyl (C=O) groups is 1. The van der Waals surface area contributed by atoms with Crippen molar-refractivity contribution in [3.8, 4) is 5.75 Å². The molecule has 0 bridgehead atoms. The van der Waals surface area contributed by atoms with Crippen LogP contribution in [0.4, 0.5) is 5.69 Å². The van der Waals surface area contributed by atoms with Crippen molar-refractivity contribution < 1.29 is 14.6 Å². The summed E-state index contributed by atoms with van der Waals surface area (Å²) in [4.78, 5) is 15.7. The molecule has 0 spiro atoms. The number of ether oxygens (including phenoxy) is 1. The lowest BCUT2D eigenvalue weighted by Crippen LogP contribution is -2.27. The first kappa shape index (κ1) is 13.0. The first-order valence-electron chi connectivity index (χ1n) is 6.28. The number of aliphatic hydroxyl groups is 1. The minimum atomic E-state index is -0.739. The molecule has 6 nitrogen and oxygen atoms in total. The van der Waals surface area contributed by atoms with Crippen LogP contribution in [0.2, 0.25) is 0 Å². The van der Waals surface area contributed by atoms with E-state index >= 15 is 0 Å². The lowest BCUT2D eigenvalue weighted by atomic mass is 9.83. The zero-order valence-corrected chi connectivity index (χ0v) is 11.0. The summed E-state index contributed by atoms with van der Waals surface area (Å²) in [6.07, 6.45) is 3.22. The van der Waals surface area contributed by atoms with E-state index in [1.54, 1.807) is 42.7 Å². The van der Waals surface area contributed by atoms with Gasteiger partial charge in [0.05, 0.1) is 5.92 Å². The predicted molar refractivity (Wildman–Crippen MR) is 76.4 cm³/mol. The van der Waals surface area contributed by atoms with E-state index in [-0.39, 0.29) is 5.57 Å². The van der Waals surface area contributed by atoms with Gasteiger partial charge in [-0.2, -0.15) is 0 Å². The van der Waals surface area contributed by atoms with Gasteiger partial charge in [-0.25, -0.2) is 0 Å². The number of amides is 1. The van der Waals surface area contributed by atoms with Gasteiger partial charge in [0.1, 0.15) is 11.3 Å². The van der Waals surface area contributed by atoms with Crippen LogP contribution in [-0.4, -0.2) is 16.0 Å². The minimum absolute atomic E-state index is 0.0125. The molecule has 2 heterocycles. The summed E-state index contributed by atoms with van der Waals surface area (Å²) < 4.78 is 5.28. The Kier molecular flexibility index (Phi) is 2.98. The highest BCUT2D eigenvalue weighted by atomic mass is 16.6. The number of aliphatic hydroxyl groups excluding tert-OH is 1. The van der Waals surface area contributed by atoms with Crippen LogP contribution in [0, 0.1) is 0 Å². The van der Waals surface area contributed by atoms with Gasteiger partial charge in [-0.15, -0.1) is 0 Å². The van der Waals surface area contributed by atoms with E-state index in [1.807, 2.05) is 0 Å². The normalized spacial score (nSPS) is 17.0. The fourth-order valence-electron chi connectivity index (χ4n) is 2.47. The van der Waals surface area contributed by atoms with Crippen molar-refractivity contribution in [3.63, 3.8) is 0 Å². The minimum Gasteiger partial charge on any atom is -0.480 e. The Hall–Kier alpha value is -3.02. The quantitative estimate of drug-likeness (QED) is 0.722. The lowest BCUT2D eigenvalue weighted by molar-refractivity contribution is -0.115. The number of anilines is 1. The van der Waals surface area contributed by atoms with Crippen molar-refractivity contribution in [3.05, 3.63) is 65.4 Å². The van der Waals surface area contributed by atoms with Gasteiger partial charge in [0, 0.05) is 29.7 Å². The number of fused-ring (bicyclic) bond motifs is 1. The molecule has 1 amide bonds. The van der Waals surface area contributed by atoms with E-state index in [4.69, 9.17) is 16.2 Å². The molecule has 106 valence electrons. The molecule has 21 heavy (non-hydrogen) atoms. The van der Waals surface area contributed by atoms with Crippen molar-refractivity contribution in [2.24, 2.45) is 5.73 Å². The molecule has 0 saturated heterocycles.